The second kappa shape index (κ2) is 9.30. The van der Waals surface area contributed by atoms with Crippen molar-refractivity contribution in [3.63, 3.8) is 0 Å². The van der Waals surface area contributed by atoms with E-state index >= 15 is 0 Å². The average molecular weight is 488 g/mol. The van der Waals surface area contributed by atoms with E-state index in [0.717, 1.165) is 27.6 Å². The first-order valence-corrected chi connectivity index (χ1v) is 11.9. The Bertz CT molecular complexity index is 1460. The van der Waals surface area contributed by atoms with Crippen molar-refractivity contribution in [1.82, 2.24) is 24.6 Å². The lowest BCUT2D eigenvalue weighted by molar-refractivity contribution is -0.145. The molecular weight excluding hydrogens is 466 g/mol. The normalized spacial score (nSPS) is 13.9. The summed E-state index contributed by atoms with van der Waals surface area (Å²) in [7, 11) is 0. The Labute approximate surface area is 204 Å². The first-order valence-electron chi connectivity index (χ1n) is 11.0. The molecule has 5 rings (SSSR count). The highest BCUT2D eigenvalue weighted by Gasteiger charge is 2.36. The highest BCUT2D eigenvalue weighted by atomic mass is 32.2. The third kappa shape index (κ3) is 3.95. The maximum absolute atomic E-state index is 12.8. The number of carbonyl (C=O) groups is 3. The van der Waals surface area contributed by atoms with E-state index in [9.17, 15) is 14.4 Å². The molecule has 3 heterocycles. The van der Waals surface area contributed by atoms with Crippen LogP contribution in [-0.4, -0.2) is 54.4 Å². The van der Waals surface area contributed by atoms with Gasteiger partial charge in [-0.15, -0.1) is 16.8 Å². The molecule has 0 spiro atoms. The number of esters is 1. The van der Waals surface area contributed by atoms with Crippen LogP contribution in [0.4, 0.5) is 0 Å². The summed E-state index contributed by atoms with van der Waals surface area (Å²) in [6.45, 7) is 5.76. The number of imide groups is 1. The summed E-state index contributed by atoms with van der Waals surface area (Å²) in [5.41, 5.74) is 2.90. The van der Waals surface area contributed by atoms with Crippen LogP contribution in [0.1, 0.15) is 34.1 Å². The van der Waals surface area contributed by atoms with Gasteiger partial charge in [0.25, 0.3) is 11.8 Å². The Balaban J connectivity index is 1.33. The second-order valence-corrected chi connectivity index (χ2v) is 9.04. The first-order chi connectivity index (χ1) is 17.0. The number of benzene rings is 2. The molecule has 2 amide bonds. The third-order valence-corrected chi connectivity index (χ3v) is 6.96. The molecule has 2 aromatic heterocycles. The SMILES string of the molecule is C=CCn1c2ccccc2c2nnc(SC(CC)C(=O)OCN3C(=O)c4ccccc4C3=O)nc21. The fourth-order valence-corrected chi connectivity index (χ4v) is 4.87. The van der Waals surface area contributed by atoms with Gasteiger partial charge in [-0.1, -0.05) is 55.1 Å². The van der Waals surface area contributed by atoms with Crippen molar-refractivity contribution in [1.29, 1.82) is 0 Å². The summed E-state index contributed by atoms with van der Waals surface area (Å²) in [4.78, 5) is 43.4. The molecule has 0 saturated carbocycles. The molecule has 0 fully saturated rings. The van der Waals surface area contributed by atoms with Crippen molar-refractivity contribution in [2.24, 2.45) is 0 Å². The number of thioether (sulfide) groups is 1. The van der Waals surface area contributed by atoms with Gasteiger partial charge < -0.3 is 9.30 Å². The number of hydrogen-bond donors (Lipinski definition) is 0. The highest BCUT2D eigenvalue weighted by Crippen LogP contribution is 2.29. The van der Waals surface area contributed by atoms with Gasteiger partial charge in [0.2, 0.25) is 5.16 Å². The van der Waals surface area contributed by atoms with Crippen LogP contribution >= 0.6 is 11.8 Å². The van der Waals surface area contributed by atoms with Crippen molar-refractivity contribution in [2.75, 3.05) is 6.73 Å². The van der Waals surface area contributed by atoms with Crippen LogP contribution in [0.3, 0.4) is 0 Å². The summed E-state index contributed by atoms with van der Waals surface area (Å²) in [6, 6.07) is 14.4. The van der Waals surface area contributed by atoms with Gasteiger partial charge in [-0.2, -0.15) is 0 Å². The van der Waals surface area contributed by atoms with Gasteiger partial charge in [-0.05, 0) is 24.6 Å². The van der Waals surface area contributed by atoms with E-state index in [1.807, 2.05) is 35.8 Å². The van der Waals surface area contributed by atoms with Gasteiger partial charge >= 0.3 is 5.97 Å². The van der Waals surface area contributed by atoms with Crippen LogP contribution in [0, 0.1) is 0 Å². The smallest absolute Gasteiger partial charge is 0.321 e. The number of rotatable bonds is 8. The molecule has 1 aliphatic heterocycles. The summed E-state index contributed by atoms with van der Waals surface area (Å²) < 4.78 is 7.35. The predicted octanol–water partition coefficient (Wildman–Crippen LogP) is 3.83. The van der Waals surface area contributed by atoms with Crippen LogP contribution < -0.4 is 0 Å². The van der Waals surface area contributed by atoms with Crippen LogP contribution in [0.2, 0.25) is 0 Å². The molecule has 176 valence electrons. The lowest BCUT2D eigenvalue weighted by Gasteiger charge is -2.17. The van der Waals surface area contributed by atoms with E-state index in [4.69, 9.17) is 4.74 Å². The number of aromatic nitrogens is 4. The zero-order valence-electron chi connectivity index (χ0n) is 18.9. The molecule has 10 heteroatoms. The molecule has 4 aromatic rings. The lowest BCUT2D eigenvalue weighted by Crippen LogP contribution is -2.35. The van der Waals surface area contributed by atoms with Crippen LogP contribution in [-0.2, 0) is 16.1 Å². The van der Waals surface area contributed by atoms with Crippen LogP contribution in [0.5, 0.6) is 0 Å². The predicted molar refractivity (Wildman–Crippen MR) is 131 cm³/mol. The zero-order valence-corrected chi connectivity index (χ0v) is 19.7. The largest absolute Gasteiger partial charge is 0.443 e. The molecular formula is C25H21N5O4S. The van der Waals surface area contributed by atoms with E-state index in [1.165, 1.54) is 0 Å². The van der Waals surface area contributed by atoms with Crippen molar-refractivity contribution in [3.8, 4) is 0 Å². The summed E-state index contributed by atoms with van der Waals surface area (Å²) >= 11 is 1.13. The second-order valence-electron chi connectivity index (χ2n) is 7.87. The molecule has 1 unspecified atom stereocenters. The molecule has 0 bridgehead atoms. The van der Waals surface area contributed by atoms with Gasteiger partial charge in [0.15, 0.2) is 12.4 Å². The standard InChI is InChI=1S/C25H21N5O4S/c1-3-13-29-18-12-8-7-11-17(18)20-21(29)26-25(28-27-20)35-19(4-2)24(33)34-14-30-22(31)15-9-5-6-10-16(15)23(30)32/h3,5-12,19H,1,4,13-14H2,2H3. The number of fused-ring (bicyclic) bond motifs is 4. The summed E-state index contributed by atoms with van der Waals surface area (Å²) in [5.74, 6) is -1.52. The van der Waals surface area contributed by atoms with E-state index < -0.39 is 29.8 Å². The minimum Gasteiger partial charge on any atom is -0.443 e. The zero-order chi connectivity index (χ0) is 24.5. The molecule has 0 aliphatic carbocycles. The minimum absolute atomic E-state index is 0.303. The third-order valence-electron chi connectivity index (χ3n) is 5.76. The molecule has 0 saturated heterocycles. The Morgan fingerprint density at radius 1 is 1.09 bits per heavy atom. The Hall–Kier alpha value is -4.05. The van der Waals surface area contributed by atoms with Crippen molar-refractivity contribution < 1.29 is 19.1 Å². The number of ether oxygens (including phenoxy) is 1. The molecule has 0 N–H and O–H groups in total. The molecule has 2 aromatic carbocycles. The van der Waals surface area contributed by atoms with E-state index in [1.54, 1.807) is 30.3 Å². The Kier molecular flexibility index (Phi) is 6.04. The fourth-order valence-electron chi connectivity index (χ4n) is 4.06. The first kappa shape index (κ1) is 22.7. The summed E-state index contributed by atoms with van der Waals surface area (Å²) in [6.07, 6.45) is 2.22. The van der Waals surface area contributed by atoms with Gasteiger partial charge in [-0.3, -0.25) is 14.4 Å². The van der Waals surface area contributed by atoms with Crippen LogP contribution in [0.15, 0.2) is 66.3 Å². The van der Waals surface area contributed by atoms with Crippen LogP contribution in [0.25, 0.3) is 22.1 Å². The van der Waals surface area contributed by atoms with Gasteiger partial charge in [-0.25, -0.2) is 9.88 Å². The van der Waals surface area contributed by atoms with Gasteiger partial charge in [0, 0.05) is 11.9 Å². The molecule has 1 atom stereocenters. The maximum atomic E-state index is 12.8. The minimum atomic E-state index is -0.637. The van der Waals surface area contributed by atoms with Crippen molar-refractivity contribution >= 4 is 51.6 Å². The highest BCUT2D eigenvalue weighted by molar-refractivity contribution is 8.00. The Morgan fingerprint density at radius 2 is 1.77 bits per heavy atom. The molecule has 35 heavy (non-hydrogen) atoms. The van der Waals surface area contributed by atoms with Crippen molar-refractivity contribution in [3.05, 3.63) is 72.3 Å². The molecule has 0 radical (unpaired) electrons. The number of allylic oxidation sites excluding steroid dienone is 1. The average Bonchev–Trinajstić information content (AvgIpc) is 3.32. The summed E-state index contributed by atoms with van der Waals surface area (Å²) in [5, 5.41) is 9.23. The fraction of sp³-hybridized carbons (Fsp3) is 0.200. The molecule has 9 nitrogen and oxygen atoms in total. The van der Waals surface area contributed by atoms with E-state index in [-0.39, 0.29) is 0 Å². The lowest BCUT2D eigenvalue weighted by atomic mass is 10.1. The maximum Gasteiger partial charge on any atom is 0.321 e. The number of nitrogens with zero attached hydrogens (tertiary/aromatic N) is 5. The number of hydrogen-bond acceptors (Lipinski definition) is 8. The van der Waals surface area contributed by atoms with E-state index in [2.05, 4.69) is 21.8 Å². The van der Waals surface area contributed by atoms with E-state index in [0.29, 0.717) is 40.4 Å². The quantitative estimate of drug-likeness (QED) is 0.160. The monoisotopic (exact) mass is 487 g/mol. The van der Waals surface area contributed by atoms with Gasteiger partial charge in [0.1, 0.15) is 10.8 Å². The Morgan fingerprint density at radius 3 is 2.46 bits per heavy atom. The number of amides is 2. The van der Waals surface area contributed by atoms with Gasteiger partial charge in [0.05, 0.1) is 16.6 Å². The number of carbonyl (C=O) groups excluding carboxylic acids is 3. The molecule has 1 aliphatic rings. The number of para-hydroxylation sites is 1. The van der Waals surface area contributed by atoms with Crippen molar-refractivity contribution in [2.45, 2.75) is 30.3 Å². The topological polar surface area (TPSA) is 107 Å².